The van der Waals surface area contributed by atoms with Crippen LogP contribution >= 0.6 is 11.3 Å². The Hall–Kier alpha value is -5.23. The number of benzene rings is 7. The molecule has 0 amide bonds. The first kappa shape index (κ1) is 45.9. The Bertz CT molecular complexity index is 3410. The van der Waals surface area contributed by atoms with Crippen LogP contribution in [-0.2, 0) is 25.5 Å². The van der Waals surface area contributed by atoms with Crippen molar-refractivity contribution >= 4 is 77.3 Å². The monoisotopic (exact) mass is 1080 g/mol. The maximum Gasteiger partial charge on any atom is 0.0799 e. The summed E-state index contributed by atoms with van der Waals surface area (Å²) in [4.78, 5) is 9.93. The van der Waals surface area contributed by atoms with E-state index in [1.54, 1.807) is 0 Å². The Kier molecular flexibility index (Phi) is 12.8. The smallest absolute Gasteiger partial charge is 0.0799 e. The van der Waals surface area contributed by atoms with E-state index in [0.29, 0.717) is 11.8 Å². The minimum absolute atomic E-state index is 0. The van der Waals surface area contributed by atoms with Gasteiger partial charge in [0.1, 0.15) is 0 Å². The number of pyridine rings is 1. The van der Waals surface area contributed by atoms with Crippen molar-refractivity contribution in [3.05, 3.63) is 168 Å². The van der Waals surface area contributed by atoms with E-state index in [9.17, 15) is 0 Å². The summed E-state index contributed by atoms with van der Waals surface area (Å²) in [5.74, 6) is 1.03. The maximum atomic E-state index is 8.44. The Labute approximate surface area is 412 Å². The van der Waals surface area contributed by atoms with E-state index in [1.807, 2.05) is 55.6 Å². The van der Waals surface area contributed by atoms with E-state index >= 15 is 0 Å². The fourth-order valence-electron chi connectivity index (χ4n) is 9.25. The predicted octanol–water partition coefficient (Wildman–Crippen LogP) is 16.9. The van der Waals surface area contributed by atoms with Gasteiger partial charge in [0.15, 0.2) is 0 Å². The molecule has 0 aliphatic carbocycles. The molecule has 6 heteroatoms. The van der Waals surface area contributed by atoms with Crippen LogP contribution in [0.1, 0.15) is 104 Å². The van der Waals surface area contributed by atoms with Gasteiger partial charge in [0.05, 0.1) is 24.9 Å². The first-order valence-corrected chi connectivity index (χ1v) is 27.4. The zero-order valence-electron chi connectivity index (χ0n) is 41.4. The first-order chi connectivity index (χ1) is 31.3. The molecule has 0 spiro atoms. The molecule has 3 heterocycles. The molecular weight excluding hydrogens is 1020 g/mol. The summed E-state index contributed by atoms with van der Waals surface area (Å²) < 4.78 is 13.5. The van der Waals surface area contributed by atoms with Gasteiger partial charge in [0.2, 0.25) is 0 Å². The molecule has 0 saturated carbocycles. The van der Waals surface area contributed by atoms with Gasteiger partial charge in [-0.2, -0.15) is 11.3 Å². The van der Waals surface area contributed by atoms with Gasteiger partial charge in [-0.15, -0.1) is 59.7 Å². The van der Waals surface area contributed by atoms with Crippen LogP contribution in [0.5, 0.6) is 0 Å². The van der Waals surface area contributed by atoms with Gasteiger partial charge in [-0.05, 0) is 94.5 Å². The van der Waals surface area contributed by atoms with Crippen molar-refractivity contribution in [2.24, 2.45) is 0 Å². The van der Waals surface area contributed by atoms with Crippen LogP contribution in [-0.4, -0.2) is 22.6 Å². The topological polar surface area (TPSA) is 30.7 Å². The molecule has 10 aromatic rings. The van der Waals surface area contributed by atoms with Crippen molar-refractivity contribution < 1.29 is 21.5 Å². The molecule has 0 aliphatic heterocycles. The van der Waals surface area contributed by atoms with Crippen molar-refractivity contribution in [3.8, 4) is 28.3 Å². The van der Waals surface area contributed by atoms with E-state index < -0.39 is 14.0 Å². The zero-order chi connectivity index (χ0) is 46.9. The molecule has 3 aromatic heterocycles. The van der Waals surface area contributed by atoms with Crippen LogP contribution in [0.25, 0.3) is 81.1 Å². The molecule has 0 unspecified atom stereocenters. The second-order valence-electron chi connectivity index (χ2n) is 20.5. The van der Waals surface area contributed by atoms with Gasteiger partial charge >= 0.3 is 0 Å². The Morgan fingerprint density at radius 2 is 1.32 bits per heavy atom. The Morgan fingerprint density at radius 1 is 0.667 bits per heavy atom. The summed E-state index contributed by atoms with van der Waals surface area (Å²) >= 11 is 1.87. The second kappa shape index (κ2) is 18.5. The minimum atomic E-state index is -1.50. The molecule has 10 rings (SSSR count). The second-order valence-corrected chi connectivity index (χ2v) is 26.6. The van der Waals surface area contributed by atoms with E-state index in [0.717, 1.165) is 39.2 Å². The molecule has 1 radical (unpaired) electrons. The van der Waals surface area contributed by atoms with Crippen molar-refractivity contribution in [3.63, 3.8) is 0 Å². The average molecular weight is 1080 g/mol. The van der Waals surface area contributed by atoms with E-state index in [2.05, 4.69) is 193 Å². The number of thiophene rings is 1. The third-order valence-corrected chi connectivity index (χ3v) is 16.0. The van der Waals surface area contributed by atoms with E-state index in [1.165, 1.54) is 69.3 Å². The molecule has 0 bridgehead atoms. The molecule has 337 valence electrons. The van der Waals surface area contributed by atoms with Gasteiger partial charge in [0.25, 0.3) is 0 Å². The molecule has 3 nitrogen and oxygen atoms in total. The first-order valence-electron chi connectivity index (χ1n) is 23.6. The Morgan fingerprint density at radius 3 is 1.98 bits per heavy atom. The summed E-state index contributed by atoms with van der Waals surface area (Å²) in [6.45, 7) is 27.0. The SMILES string of the molecule is CC(C)c1cc(C(C)(C)C)cc(C(C)C)c1-n1c(-c2[c-]cc3sc4c(ccc5c6ccccc6ccc54)c3c2)nc2ccccc21.[2H]C(C)(C)c1cc(-c2[c-]cccc2)ncc1[Si](C)(C)C.[Ir]. The summed E-state index contributed by atoms with van der Waals surface area (Å²) in [5.41, 5.74) is 11.6. The van der Waals surface area contributed by atoms with Crippen LogP contribution in [0, 0.1) is 12.1 Å². The maximum absolute atomic E-state index is 8.44. The van der Waals surface area contributed by atoms with Gasteiger partial charge in [-0.1, -0.05) is 172 Å². The fraction of sp³-hybridized carbons (Fsp3) is 0.267. The van der Waals surface area contributed by atoms with Crippen molar-refractivity contribution in [2.45, 2.75) is 105 Å². The van der Waals surface area contributed by atoms with Gasteiger partial charge in [-0.25, -0.2) is 0 Å². The quantitative estimate of drug-likeness (QED) is 0.0905. The average Bonchev–Trinajstić information content (AvgIpc) is 3.86. The number of aromatic nitrogens is 3. The molecule has 0 atom stereocenters. The minimum Gasteiger partial charge on any atom is -0.333 e. The van der Waals surface area contributed by atoms with E-state index in [-0.39, 0.29) is 25.5 Å². The van der Waals surface area contributed by atoms with Crippen molar-refractivity contribution in [1.29, 1.82) is 0 Å². The number of imidazole rings is 1. The summed E-state index contributed by atoms with van der Waals surface area (Å²) in [5, 5.41) is 9.04. The Balaban J connectivity index is 0.000000244. The number of rotatable bonds is 7. The van der Waals surface area contributed by atoms with Crippen LogP contribution in [0.2, 0.25) is 19.6 Å². The standard InChI is InChI=1S/C43H39N2S.C17H22NSi.Ir/c1-25(2)34-23-29(43(5,6)7)24-35(26(3)4)40(34)45-38-15-11-10-14-37(38)44-42(45)28-17-21-39-36(22-28)33-20-19-31-30-13-9-8-12-27(30)16-18-32(31)41(33)46-39;1-13(2)15-11-16(14-9-7-6-8-10-14)18-12-17(15)19(3,4)5;/h8-16,18-26H,1-7H3;6-9,11-13H,1-5H3;/q2*-1;/i;13D;. The van der Waals surface area contributed by atoms with Crippen LogP contribution in [0.15, 0.2) is 134 Å². The van der Waals surface area contributed by atoms with Gasteiger partial charge in [0, 0.05) is 38.1 Å². The molecular formula is C60H61IrN3SSi-2. The number of hydrogen-bond acceptors (Lipinski definition) is 3. The predicted molar refractivity (Wildman–Crippen MR) is 286 cm³/mol. The molecule has 66 heavy (non-hydrogen) atoms. The number of para-hydroxylation sites is 2. The number of nitrogens with zero attached hydrogens (tertiary/aromatic N) is 3. The van der Waals surface area contributed by atoms with Crippen molar-refractivity contribution in [2.75, 3.05) is 0 Å². The number of fused-ring (bicyclic) bond motifs is 8. The summed E-state index contributed by atoms with van der Waals surface area (Å²) in [6, 6.07) is 52.7. The van der Waals surface area contributed by atoms with E-state index in [4.69, 9.17) is 6.35 Å². The number of hydrogen-bond donors (Lipinski definition) is 0. The normalized spacial score (nSPS) is 12.6. The molecule has 0 saturated heterocycles. The third kappa shape index (κ3) is 8.86. The van der Waals surface area contributed by atoms with Crippen molar-refractivity contribution in [1.82, 2.24) is 14.5 Å². The van der Waals surface area contributed by atoms with Crippen LogP contribution < -0.4 is 5.19 Å². The molecule has 0 aliphatic rings. The molecule has 7 aromatic carbocycles. The zero-order valence-corrected chi connectivity index (χ0v) is 44.7. The fourth-order valence-corrected chi connectivity index (χ4v) is 12.0. The molecule has 0 fully saturated rings. The summed E-state index contributed by atoms with van der Waals surface area (Å²) in [7, 11) is -1.50. The van der Waals surface area contributed by atoms with Crippen LogP contribution in [0.3, 0.4) is 0 Å². The van der Waals surface area contributed by atoms with Crippen LogP contribution in [0.4, 0.5) is 0 Å². The third-order valence-electron chi connectivity index (χ3n) is 12.8. The van der Waals surface area contributed by atoms with Gasteiger partial charge < -0.3 is 9.55 Å². The summed E-state index contributed by atoms with van der Waals surface area (Å²) in [6.07, 6.45) is 1.98. The molecule has 0 N–H and O–H groups in total. The largest absolute Gasteiger partial charge is 0.333 e. The van der Waals surface area contributed by atoms with Gasteiger partial charge in [-0.3, -0.25) is 4.98 Å².